The highest BCUT2D eigenvalue weighted by molar-refractivity contribution is 9.10. The minimum atomic E-state index is -0.915. The zero-order valence-electron chi connectivity index (χ0n) is 10.5. The van der Waals surface area contributed by atoms with Crippen molar-refractivity contribution in [2.45, 2.75) is 31.7 Å². The number of aliphatic carboxylic acids is 1. The van der Waals surface area contributed by atoms with Gasteiger partial charge in [-0.05, 0) is 40.9 Å². The molecule has 0 aromatic heterocycles. The Kier molecular flexibility index (Phi) is 4.58. The molecule has 1 fully saturated rings. The van der Waals surface area contributed by atoms with Crippen LogP contribution in [0, 0.1) is 0 Å². The van der Waals surface area contributed by atoms with Gasteiger partial charge in [-0.15, -0.1) is 0 Å². The molecule has 1 aromatic rings. The van der Waals surface area contributed by atoms with Crippen molar-refractivity contribution in [3.05, 3.63) is 34.3 Å². The third-order valence-corrected chi connectivity index (χ3v) is 4.09. The summed E-state index contributed by atoms with van der Waals surface area (Å²) in [4.78, 5) is 25.3. The van der Waals surface area contributed by atoms with E-state index < -0.39 is 12.0 Å². The Morgan fingerprint density at radius 2 is 1.95 bits per heavy atom. The minimum Gasteiger partial charge on any atom is -0.480 e. The summed E-state index contributed by atoms with van der Waals surface area (Å²) >= 11 is 3.35. The topological polar surface area (TPSA) is 57.6 Å². The van der Waals surface area contributed by atoms with E-state index in [4.69, 9.17) is 0 Å². The van der Waals surface area contributed by atoms with Crippen LogP contribution in [0.4, 0.5) is 0 Å². The van der Waals surface area contributed by atoms with E-state index in [9.17, 15) is 14.7 Å². The predicted octanol–water partition coefficient (Wildman–Crippen LogP) is 2.92. The molecule has 1 atom stereocenters. The fraction of sp³-hybridized carbons (Fsp3) is 0.429. The molecule has 0 aliphatic carbocycles. The monoisotopic (exact) mass is 325 g/mol. The fourth-order valence-corrected chi connectivity index (χ4v) is 2.85. The average Bonchev–Trinajstić information content (AvgIpc) is 2.64. The molecule has 0 spiro atoms. The van der Waals surface area contributed by atoms with E-state index in [1.165, 1.54) is 4.90 Å². The van der Waals surface area contributed by atoms with Crippen molar-refractivity contribution in [3.63, 3.8) is 0 Å². The summed E-state index contributed by atoms with van der Waals surface area (Å²) in [6, 6.07) is 6.42. The van der Waals surface area contributed by atoms with E-state index in [0.29, 0.717) is 23.0 Å². The molecule has 0 saturated carbocycles. The van der Waals surface area contributed by atoms with Gasteiger partial charge < -0.3 is 10.0 Å². The Bertz CT molecular complexity index is 489. The van der Waals surface area contributed by atoms with E-state index in [1.807, 2.05) is 6.07 Å². The van der Waals surface area contributed by atoms with Gasteiger partial charge in [-0.25, -0.2) is 4.79 Å². The summed E-state index contributed by atoms with van der Waals surface area (Å²) in [5.74, 6) is -1.12. The van der Waals surface area contributed by atoms with Crippen molar-refractivity contribution in [2.24, 2.45) is 0 Å². The van der Waals surface area contributed by atoms with Gasteiger partial charge >= 0.3 is 5.97 Å². The first-order valence-electron chi connectivity index (χ1n) is 6.39. The number of halogens is 1. The number of carboxylic acid groups (broad SMARTS) is 1. The Labute approximate surface area is 120 Å². The van der Waals surface area contributed by atoms with Crippen LogP contribution in [0.25, 0.3) is 0 Å². The lowest BCUT2D eigenvalue weighted by molar-refractivity contribution is -0.142. The summed E-state index contributed by atoms with van der Waals surface area (Å²) in [5, 5.41) is 9.29. The Morgan fingerprint density at radius 3 is 2.63 bits per heavy atom. The van der Waals surface area contributed by atoms with Crippen molar-refractivity contribution in [1.82, 2.24) is 4.90 Å². The van der Waals surface area contributed by atoms with Gasteiger partial charge in [-0.3, -0.25) is 4.79 Å². The van der Waals surface area contributed by atoms with Gasteiger partial charge in [-0.1, -0.05) is 25.0 Å². The van der Waals surface area contributed by atoms with Crippen LogP contribution in [-0.2, 0) is 4.79 Å². The minimum absolute atomic E-state index is 0.207. The maximum absolute atomic E-state index is 12.5. The maximum atomic E-state index is 12.5. The lowest BCUT2D eigenvalue weighted by Gasteiger charge is -2.27. The summed E-state index contributed by atoms with van der Waals surface area (Å²) in [5.41, 5.74) is 0.524. The second-order valence-corrected chi connectivity index (χ2v) is 5.54. The Morgan fingerprint density at radius 1 is 1.21 bits per heavy atom. The molecule has 1 saturated heterocycles. The number of benzene rings is 1. The van der Waals surface area contributed by atoms with Gasteiger partial charge in [0.25, 0.3) is 5.91 Å². The number of likely N-dealkylation sites (tertiary alicyclic amines) is 1. The number of nitrogens with zero attached hydrogens (tertiary/aromatic N) is 1. The normalized spacial score (nSPS) is 19.8. The SMILES string of the molecule is O=C(O)C1CCCCCN1C(=O)c1ccccc1Br. The van der Waals surface area contributed by atoms with Crippen LogP contribution in [0.1, 0.15) is 36.0 Å². The highest BCUT2D eigenvalue weighted by Gasteiger charge is 2.31. The van der Waals surface area contributed by atoms with Crippen LogP contribution in [-0.4, -0.2) is 34.5 Å². The number of hydrogen-bond donors (Lipinski definition) is 1. The number of rotatable bonds is 2. The number of carbonyl (C=O) groups excluding carboxylic acids is 1. The van der Waals surface area contributed by atoms with Crippen LogP contribution in [0.3, 0.4) is 0 Å². The highest BCUT2D eigenvalue weighted by atomic mass is 79.9. The number of carboxylic acids is 1. The molecule has 2 rings (SSSR count). The van der Waals surface area contributed by atoms with Gasteiger partial charge in [0.15, 0.2) is 0 Å². The third kappa shape index (κ3) is 3.15. The van der Waals surface area contributed by atoms with Crippen molar-refractivity contribution >= 4 is 27.8 Å². The van der Waals surface area contributed by atoms with E-state index in [2.05, 4.69) is 15.9 Å². The molecule has 1 unspecified atom stereocenters. The van der Waals surface area contributed by atoms with E-state index >= 15 is 0 Å². The zero-order chi connectivity index (χ0) is 13.8. The number of hydrogen-bond acceptors (Lipinski definition) is 2. The van der Waals surface area contributed by atoms with E-state index in [-0.39, 0.29) is 5.91 Å². The molecule has 1 heterocycles. The molecule has 1 N–H and O–H groups in total. The van der Waals surface area contributed by atoms with Gasteiger partial charge in [0, 0.05) is 11.0 Å². The quantitative estimate of drug-likeness (QED) is 0.909. The van der Waals surface area contributed by atoms with Crippen molar-refractivity contribution in [1.29, 1.82) is 0 Å². The van der Waals surface area contributed by atoms with Crippen LogP contribution in [0.2, 0.25) is 0 Å². The first-order chi connectivity index (χ1) is 9.11. The lowest BCUT2D eigenvalue weighted by Crippen LogP contribution is -2.44. The summed E-state index contributed by atoms with van der Waals surface area (Å²) in [6.45, 7) is 0.511. The molecule has 19 heavy (non-hydrogen) atoms. The van der Waals surface area contributed by atoms with Gasteiger partial charge in [0.1, 0.15) is 6.04 Å². The molecule has 1 aromatic carbocycles. The van der Waals surface area contributed by atoms with Crippen LogP contribution in [0.5, 0.6) is 0 Å². The molecular formula is C14H16BrNO3. The zero-order valence-corrected chi connectivity index (χ0v) is 12.1. The molecule has 4 nitrogen and oxygen atoms in total. The average molecular weight is 326 g/mol. The maximum Gasteiger partial charge on any atom is 0.326 e. The number of carbonyl (C=O) groups is 2. The Hall–Kier alpha value is -1.36. The largest absolute Gasteiger partial charge is 0.480 e. The summed E-state index contributed by atoms with van der Waals surface area (Å²) in [7, 11) is 0. The standard InChI is InChI=1S/C14H16BrNO3/c15-11-7-4-3-6-10(11)13(17)16-9-5-1-2-8-12(16)14(18)19/h3-4,6-7,12H,1-2,5,8-9H2,(H,18,19). The molecule has 5 heteroatoms. The first kappa shape index (κ1) is 14.1. The smallest absolute Gasteiger partial charge is 0.326 e. The van der Waals surface area contributed by atoms with Crippen molar-refractivity contribution < 1.29 is 14.7 Å². The molecule has 102 valence electrons. The fourth-order valence-electron chi connectivity index (χ4n) is 2.40. The van der Waals surface area contributed by atoms with Crippen LogP contribution in [0.15, 0.2) is 28.7 Å². The Balaban J connectivity index is 2.29. The second-order valence-electron chi connectivity index (χ2n) is 4.68. The van der Waals surface area contributed by atoms with E-state index in [0.717, 1.165) is 19.3 Å². The summed E-state index contributed by atoms with van der Waals surface area (Å²) in [6.07, 6.45) is 3.23. The van der Waals surface area contributed by atoms with Crippen molar-refractivity contribution in [2.75, 3.05) is 6.54 Å². The highest BCUT2D eigenvalue weighted by Crippen LogP contribution is 2.23. The molecule has 1 aliphatic rings. The van der Waals surface area contributed by atoms with E-state index in [1.54, 1.807) is 18.2 Å². The van der Waals surface area contributed by atoms with Crippen LogP contribution < -0.4 is 0 Å². The lowest BCUT2D eigenvalue weighted by atomic mass is 10.1. The first-order valence-corrected chi connectivity index (χ1v) is 7.19. The molecule has 1 amide bonds. The van der Waals surface area contributed by atoms with Crippen molar-refractivity contribution in [3.8, 4) is 0 Å². The molecule has 0 bridgehead atoms. The molecule has 1 aliphatic heterocycles. The summed E-state index contributed by atoms with van der Waals surface area (Å²) < 4.78 is 0.702. The molecule has 0 radical (unpaired) electrons. The third-order valence-electron chi connectivity index (χ3n) is 3.40. The van der Waals surface area contributed by atoms with Gasteiger partial charge in [-0.2, -0.15) is 0 Å². The van der Waals surface area contributed by atoms with Crippen LogP contribution >= 0.6 is 15.9 Å². The predicted molar refractivity (Wildman–Crippen MR) is 75.1 cm³/mol. The van der Waals surface area contributed by atoms with Gasteiger partial charge in [0.05, 0.1) is 5.56 Å². The molecular weight excluding hydrogens is 310 g/mol. The second kappa shape index (κ2) is 6.19. The number of amides is 1. The van der Waals surface area contributed by atoms with Gasteiger partial charge in [0.2, 0.25) is 0 Å².